The number of imide groups is 1. The maximum absolute atomic E-state index is 12.9. The van der Waals surface area contributed by atoms with E-state index in [9.17, 15) is 9.59 Å². The zero-order valence-corrected chi connectivity index (χ0v) is 19.7. The topological polar surface area (TPSA) is 42.3 Å². The van der Waals surface area contributed by atoms with Crippen molar-refractivity contribution in [3.05, 3.63) is 91.0 Å². The first kappa shape index (κ1) is 22.0. The number of halogens is 3. The van der Waals surface area contributed by atoms with Crippen LogP contribution in [0.3, 0.4) is 0 Å². The van der Waals surface area contributed by atoms with Crippen molar-refractivity contribution in [2.24, 2.45) is 0 Å². The number of thioether (sulfide) groups is 1. The summed E-state index contributed by atoms with van der Waals surface area (Å²) < 4.78 is 2.00. The third kappa shape index (κ3) is 4.41. The first-order valence-corrected chi connectivity index (χ1v) is 11.3. The molecule has 0 aliphatic carbocycles. The van der Waals surface area contributed by atoms with Gasteiger partial charge in [0.1, 0.15) is 0 Å². The van der Waals surface area contributed by atoms with Crippen molar-refractivity contribution in [2.75, 3.05) is 0 Å². The summed E-state index contributed by atoms with van der Waals surface area (Å²) in [6.07, 6.45) is 1.76. The zero-order chi connectivity index (χ0) is 22.3. The van der Waals surface area contributed by atoms with Crippen molar-refractivity contribution >= 4 is 63.8 Å². The van der Waals surface area contributed by atoms with Crippen molar-refractivity contribution in [2.45, 2.75) is 20.4 Å². The summed E-state index contributed by atoms with van der Waals surface area (Å²) >= 11 is 19.3. The molecule has 8 heteroatoms. The third-order valence-corrected chi connectivity index (χ3v) is 6.73. The second-order valence-electron chi connectivity index (χ2n) is 7.15. The quantitative estimate of drug-likeness (QED) is 0.360. The van der Waals surface area contributed by atoms with Gasteiger partial charge in [0.25, 0.3) is 11.1 Å². The SMILES string of the molecule is Cc1cc(/C=C2/SC(=O)N(Cc3ccc(Cl)cc3)C2=O)c(C)n1-c1ccc(Cl)cc1Cl. The summed E-state index contributed by atoms with van der Waals surface area (Å²) in [7, 11) is 0. The fourth-order valence-electron chi connectivity index (χ4n) is 3.52. The van der Waals surface area contributed by atoms with Gasteiger partial charge in [0.05, 0.1) is 22.2 Å². The fourth-order valence-corrected chi connectivity index (χ4v) is 4.97. The molecule has 1 aliphatic heterocycles. The number of hydrogen-bond acceptors (Lipinski definition) is 3. The molecule has 2 aromatic carbocycles. The third-order valence-electron chi connectivity index (χ3n) is 5.04. The molecule has 1 aromatic heterocycles. The number of carbonyl (C=O) groups is 2. The minimum Gasteiger partial charge on any atom is -0.316 e. The Morgan fingerprint density at radius 2 is 1.61 bits per heavy atom. The number of nitrogens with zero attached hydrogens (tertiary/aromatic N) is 2. The number of rotatable bonds is 4. The summed E-state index contributed by atoms with van der Waals surface area (Å²) in [5, 5.41) is 1.41. The van der Waals surface area contributed by atoms with E-state index in [0.29, 0.717) is 20.0 Å². The second kappa shape index (κ2) is 8.75. The molecule has 0 bridgehead atoms. The first-order valence-electron chi connectivity index (χ1n) is 9.39. The average molecular weight is 492 g/mol. The van der Waals surface area contributed by atoms with E-state index >= 15 is 0 Å². The molecule has 3 aromatic rings. The zero-order valence-electron chi connectivity index (χ0n) is 16.7. The van der Waals surface area contributed by atoms with E-state index in [-0.39, 0.29) is 17.7 Å². The molecule has 1 fully saturated rings. The molecule has 2 heterocycles. The van der Waals surface area contributed by atoms with Crippen LogP contribution in [0.15, 0.2) is 53.4 Å². The molecule has 0 N–H and O–H groups in total. The Kier molecular flexibility index (Phi) is 6.22. The number of amides is 2. The molecule has 1 saturated heterocycles. The molecular weight excluding hydrogens is 475 g/mol. The van der Waals surface area contributed by atoms with E-state index in [2.05, 4.69) is 0 Å². The Balaban J connectivity index is 1.64. The average Bonchev–Trinajstić information content (AvgIpc) is 3.14. The van der Waals surface area contributed by atoms with Crippen LogP contribution in [0.2, 0.25) is 15.1 Å². The maximum Gasteiger partial charge on any atom is 0.293 e. The standard InChI is InChI=1S/C23H17Cl3N2O2S/c1-13-9-16(14(2)28(13)20-8-7-18(25)11-19(20)26)10-21-22(29)27(23(30)31-21)12-15-3-5-17(24)6-4-15/h3-11H,12H2,1-2H3/b21-10+. The van der Waals surface area contributed by atoms with E-state index in [0.717, 1.165) is 40.0 Å². The lowest BCUT2D eigenvalue weighted by atomic mass is 10.2. The molecule has 2 amide bonds. The van der Waals surface area contributed by atoms with Gasteiger partial charge in [-0.05, 0) is 79.2 Å². The van der Waals surface area contributed by atoms with Gasteiger partial charge in [0.15, 0.2) is 0 Å². The van der Waals surface area contributed by atoms with Crippen LogP contribution >= 0.6 is 46.6 Å². The van der Waals surface area contributed by atoms with Crippen molar-refractivity contribution in [1.82, 2.24) is 9.47 Å². The highest BCUT2D eigenvalue weighted by molar-refractivity contribution is 8.18. The van der Waals surface area contributed by atoms with Crippen LogP contribution in [0.5, 0.6) is 0 Å². The van der Waals surface area contributed by atoms with Crippen LogP contribution in [-0.2, 0) is 11.3 Å². The second-order valence-corrected chi connectivity index (χ2v) is 9.43. The molecule has 4 nitrogen and oxygen atoms in total. The molecular formula is C23H17Cl3N2O2S. The van der Waals surface area contributed by atoms with E-state index in [4.69, 9.17) is 34.8 Å². The molecule has 1 aliphatic rings. The van der Waals surface area contributed by atoms with E-state index < -0.39 is 0 Å². The normalized spacial score (nSPS) is 15.4. The van der Waals surface area contributed by atoms with Gasteiger partial charge >= 0.3 is 0 Å². The largest absolute Gasteiger partial charge is 0.316 e. The summed E-state index contributed by atoms with van der Waals surface area (Å²) in [5.41, 5.74) is 4.35. The molecule has 31 heavy (non-hydrogen) atoms. The van der Waals surface area contributed by atoms with Crippen LogP contribution in [-0.4, -0.2) is 20.6 Å². The Morgan fingerprint density at radius 1 is 0.935 bits per heavy atom. The Labute approximate surface area is 199 Å². The van der Waals surface area contributed by atoms with Crippen molar-refractivity contribution in [3.8, 4) is 5.69 Å². The Morgan fingerprint density at radius 3 is 2.29 bits per heavy atom. The van der Waals surface area contributed by atoms with E-state index in [1.165, 1.54) is 4.90 Å². The minimum atomic E-state index is -0.306. The predicted molar refractivity (Wildman–Crippen MR) is 128 cm³/mol. The summed E-state index contributed by atoms with van der Waals surface area (Å²) in [4.78, 5) is 27.0. The van der Waals surface area contributed by atoms with Gasteiger partial charge in [-0.25, -0.2) is 0 Å². The number of hydrogen-bond donors (Lipinski definition) is 0. The van der Waals surface area contributed by atoms with Gasteiger partial charge in [0.2, 0.25) is 0 Å². The van der Waals surface area contributed by atoms with Crippen molar-refractivity contribution in [1.29, 1.82) is 0 Å². The molecule has 0 atom stereocenters. The summed E-state index contributed by atoms with van der Waals surface area (Å²) in [6.45, 7) is 4.11. The number of benzene rings is 2. The van der Waals surface area contributed by atoms with Crippen LogP contribution in [0.4, 0.5) is 4.79 Å². The molecule has 158 valence electrons. The van der Waals surface area contributed by atoms with Crippen molar-refractivity contribution < 1.29 is 9.59 Å². The Bertz CT molecular complexity index is 1230. The van der Waals surface area contributed by atoms with Crippen LogP contribution in [0.1, 0.15) is 22.5 Å². The monoisotopic (exact) mass is 490 g/mol. The van der Waals surface area contributed by atoms with Gasteiger partial charge in [-0.1, -0.05) is 46.9 Å². The van der Waals surface area contributed by atoms with Gasteiger partial charge in [0, 0.05) is 21.4 Å². The summed E-state index contributed by atoms with van der Waals surface area (Å²) in [5.74, 6) is -0.306. The molecule has 4 rings (SSSR count). The number of carbonyl (C=O) groups excluding carboxylic acids is 2. The first-order chi connectivity index (χ1) is 14.7. The highest BCUT2D eigenvalue weighted by atomic mass is 35.5. The minimum absolute atomic E-state index is 0.207. The van der Waals surface area contributed by atoms with Gasteiger partial charge in [-0.15, -0.1) is 0 Å². The lowest BCUT2D eigenvalue weighted by Crippen LogP contribution is -2.27. The highest BCUT2D eigenvalue weighted by Gasteiger charge is 2.35. The lowest BCUT2D eigenvalue weighted by molar-refractivity contribution is -0.123. The van der Waals surface area contributed by atoms with Gasteiger partial charge in [-0.3, -0.25) is 14.5 Å². The molecule has 0 saturated carbocycles. The number of aromatic nitrogens is 1. The lowest BCUT2D eigenvalue weighted by Gasteiger charge is -2.12. The maximum atomic E-state index is 12.9. The molecule has 0 radical (unpaired) electrons. The highest BCUT2D eigenvalue weighted by Crippen LogP contribution is 2.35. The fraction of sp³-hybridized carbons (Fsp3) is 0.130. The van der Waals surface area contributed by atoms with E-state index in [1.54, 1.807) is 42.5 Å². The Hall–Kier alpha value is -2.18. The predicted octanol–water partition coefficient (Wildman–Crippen LogP) is 7.29. The van der Waals surface area contributed by atoms with Crippen molar-refractivity contribution in [3.63, 3.8) is 0 Å². The smallest absolute Gasteiger partial charge is 0.293 e. The molecule has 0 spiro atoms. The van der Waals surface area contributed by atoms with E-state index in [1.807, 2.05) is 30.5 Å². The van der Waals surface area contributed by atoms with Crippen LogP contribution < -0.4 is 0 Å². The van der Waals surface area contributed by atoms with Crippen LogP contribution in [0, 0.1) is 13.8 Å². The molecule has 0 unspecified atom stereocenters. The number of aryl methyl sites for hydroxylation is 1. The van der Waals surface area contributed by atoms with Gasteiger partial charge in [-0.2, -0.15) is 0 Å². The summed E-state index contributed by atoms with van der Waals surface area (Å²) in [6, 6.07) is 14.4. The van der Waals surface area contributed by atoms with Gasteiger partial charge < -0.3 is 4.57 Å². The van der Waals surface area contributed by atoms with Crippen LogP contribution in [0.25, 0.3) is 11.8 Å².